The predicted octanol–water partition coefficient (Wildman–Crippen LogP) is 2.09. The van der Waals surface area contributed by atoms with Gasteiger partial charge in [-0.1, -0.05) is 18.2 Å². The van der Waals surface area contributed by atoms with E-state index in [0.29, 0.717) is 13.2 Å². The fourth-order valence-electron chi connectivity index (χ4n) is 3.08. The first-order valence-corrected chi connectivity index (χ1v) is 7.08. The summed E-state index contributed by atoms with van der Waals surface area (Å²) in [6, 6.07) is 7.96. The van der Waals surface area contributed by atoms with Gasteiger partial charge in [0.05, 0.1) is 0 Å². The van der Waals surface area contributed by atoms with Crippen LogP contribution in [0.25, 0.3) is 0 Å². The van der Waals surface area contributed by atoms with Crippen molar-refractivity contribution in [3.8, 4) is 5.75 Å². The van der Waals surface area contributed by atoms with Crippen LogP contribution in [0.5, 0.6) is 5.75 Å². The fraction of sp³-hybridized carbons (Fsp3) is 0.562. The van der Waals surface area contributed by atoms with Crippen LogP contribution in [0.1, 0.15) is 32.3 Å². The largest absolute Gasteiger partial charge is 0.492 e. The molecule has 1 N–H and O–H groups in total. The van der Waals surface area contributed by atoms with E-state index in [9.17, 15) is 4.79 Å². The SMILES string of the molecule is CC(C)(C)OC(=O)[C@]12CNC[C@H]1c1ccccc1OC2. The molecule has 1 saturated heterocycles. The highest BCUT2D eigenvalue weighted by Crippen LogP contribution is 2.47. The number of fused-ring (bicyclic) bond motifs is 3. The molecule has 2 heterocycles. The third-order valence-electron chi connectivity index (χ3n) is 4.04. The summed E-state index contributed by atoms with van der Waals surface area (Å²) < 4.78 is 11.5. The Balaban J connectivity index is 1.96. The highest BCUT2D eigenvalue weighted by atomic mass is 16.6. The van der Waals surface area contributed by atoms with Crippen molar-refractivity contribution < 1.29 is 14.3 Å². The van der Waals surface area contributed by atoms with E-state index in [1.807, 2.05) is 45.0 Å². The number of rotatable bonds is 1. The van der Waals surface area contributed by atoms with Crippen molar-refractivity contribution in [1.29, 1.82) is 0 Å². The van der Waals surface area contributed by atoms with Crippen LogP contribution in [0.15, 0.2) is 24.3 Å². The maximum atomic E-state index is 12.7. The minimum atomic E-state index is -0.596. The number of carbonyl (C=O) groups excluding carboxylic acids is 1. The molecule has 4 heteroatoms. The zero-order valence-electron chi connectivity index (χ0n) is 12.2. The van der Waals surface area contributed by atoms with Crippen LogP contribution < -0.4 is 10.1 Å². The lowest BCUT2D eigenvalue weighted by atomic mass is 9.73. The van der Waals surface area contributed by atoms with Gasteiger partial charge in [-0.05, 0) is 32.4 Å². The number of para-hydroxylation sites is 1. The lowest BCUT2D eigenvalue weighted by Crippen LogP contribution is -2.48. The molecule has 2 atom stereocenters. The van der Waals surface area contributed by atoms with E-state index in [2.05, 4.69) is 5.32 Å². The number of hydrogen-bond donors (Lipinski definition) is 1. The highest BCUT2D eigenvalue weighted by molar-refractivity contribution is 5.80. The molecule has 20 heavy (non-hydrogen) atoms. The minimum Gasteiger partial charge on any atom is -0.492 e. The second kappa shape index (κ2) is 4.48. The Morgan fingerprint density at radius 2 is 2.15 bits per heavy atom. The van der Waals surface area contributed by atoms with E-state index in [0.717, 1.165) is 17.9 Å². The summed E-state index contributed by atoms with van der Waals surface area (Å²) in [5, 5.41) is 3.33. The molecule has 108 valence electrons. The first-order valence-electron chi connectivity index (χ1n) is 7.08. The van der Waals surface area contributed by atoms with Crippen molar-refractivity contribution in [1.82, 2.24) is 5.32 Å². The van der Waals surface area contributed by atoms with Crippen molar-refractivity contribution in [3.05, 3.63) is 29.8 Å². The van der Waals surface area contributed by atoms with Crippen LogP contribution in [-0.4, -0.2) is 31.3 Å². The van der Waals surface area contributed by atoms with Gasteiger partial charge in [0.2, 0.25) is 0 Å². The second-order valence-electron chi connectivity index (χ2n) is 6.67. The molecule has 2 aliphatic rings. The van der Waals surface area contributed by atoms with Gasteiger partial charge in [0, 0.05) is 19.0 Å². The summed E-state index contributed by atoms with van der Waals surface area (Å²) in [5.41, 5.74) is 0.0343. The molecule has 0 radical (unpaired) electrons. The van der Waals surface area contributed by atoms with Crippen LogP contribution in [0.2, 0.25) is 0 Å². The molecule has 4 nitrogen and oxygen atoms in total. The van der Waals surface area contributed by atoms with Crippen LogP contribution in [0, 0.1) is 5.41 Å². The van der Waals surface area contributed by atoms with Crippen LogP contribution in [0.3, 0.4) is 0 Å². The molecule has 0 unspecified atom stereocenters. The molecule has 0 amide bonds. The lowest BCUT2D eigenvalue weighted by Gasteiger charge is -2.39. The van der Waals surface area contributed by atoms with Gasteiger partial charge in [-0.2, -0.15) is 0 Å². The Morgan fingerprint density at radius 1 is 1.40 bits per heavy atom. The third-order valence-corrected chi connectivity index (χ3v) is 4.04. The first-order chi connectivity index (χ1) is 9.42. The third kappa shape index (κ3) is 2.08. The average Bonchev–Trinajstić information content (AvgIpc) is 2.82. The van der Waals surface area contributed by atoms with E-state index < -0.39 is 11.0 Å². The molecule has 1 aromatic carbocycles. The molecule has 3 rings (SSSR count). The zero-order chi connectivity index (χ0) is 14.4. The van der Waals surface area contributed by atoms with E-state index in [4.69, 9.17) is 9.47 Å². The minimum absolute atomic E-state index is 0.127. The summed E-state index contributed by atoms with van der Waals surface area (Å²) in [5.74, 6) is 0.859. The number of carbonyl (C=O) groups is 1. The Labute approximate surface area is 119 Å². The Bertz CT molecular complexity index is 535. The Morgan fingerprint density at radius 3 is 2.90 bits per heavy atom. The number of nitrogens with one attached hydrogen (secondary N) is 1. The molecule has 0 aromatic heterocycles. The predicted molar refractivity (Wildman–Crippen MR) is 75.8 cm³/mol. The highest BCUT2D eigenvalue weighted by Gasteiger charge is 2.55. The molecule has 1 fully saturated rings. The molecule has 2 aliphatic heterocycles. The molecular formula is C16H21NO3. The number of hydrogen-bond acceptors (Lipinski definition) is 4. The molecule has 0 bridgehead atoms. The molecule has 1 aromatic rings. The van der Waals surface area contributed by atoms with Crippen molar-refractivity contribution >= 4 is 5.97 Å². The van der Waals surface area contributed by atoms with Crippen molar-refractivity contribution in [3.63, 3.8) is 0 Å². The van der Waals surface area contributed by atoms with E-state index in [1.54, 1.807) is 0 Å². The van der Waals surface area contributed by atoms with Crippen LogP contribution in [-0.2, 0) is 9.53 Å². The first kappa shape index (κ1) is 13.4. The zero-order valence-corrected chi connectivity index (χ0v) is 12.2. The summed E-state index contributed by atoms with van der Waals surface area (Å²) in [6.45, 7) is 7.49. The molecule has 0 spiro atoms. The molecular weight excluding hydrogens is 254 g/mol. The quantitative estimate of drug-likeness (QED) is 0.797. The summed E-state index contributed by atoms with van der Waals surface area (Å²) in [4.78, 5) is 12.7. The van der Waals surface area contributed by atoms with Crippen molar-refractivity contribution in [2.75, 3.05) is 19.7 Å². The number of benzene rings is 1. The summed E-state index contributed by atoms with van der Waals surface area (Å²) in [7, 11) is 0. The van der Waals surface area contributed by atoms with Gasteiger partial charge in [0.25, 0.3) is 0 Å². The fourth-order valence-corrected chi connectivity index (χ4v) is 3.08. The van der Waals surface area contributed by atoms with Gasteiger partial charge in [-0.3, -0.25) is 4.79 Å². The normalized spacial score (nSPS) is 28.2. The maximum absolute atomic E-state index is 12.7. The smallest absolute Gasteiger partial charge is 0.318 e. The van der Waals surface area contributed by atoms with Crippen molar-refractivity contribution in [2.45, 2.75) is 32.3 Å². The summed E-state index contributed by atoms with van der Waals surface area (Å²) in [6.07, 6.45) is 0. The van der Waals surface area contributed by atoms with Crippen molar-refractivity contribution in [2.24, 2.45) is 5.41 Å². The number of ether oxygens (including phenoxy) is 2. The Hall–Kier alpha value is -1.55. The van der Waals surface area contributed by atoms with E-state index in [-0.39, 0.29) is 11.9 Å². The number of esters is 1. The van der Waals surface area contributed by atoms with Crippen LogP contribution >= 0.6 is 0 Å². The topological polar surface area (TPSA) is 47.6 Å². The van der Waals surface area contributed by atoms with E-state index >= 15 is 0 Å². The lowest BCUT2D eigenvalue weighted by molar-refractivity contribution is -0.170. The monoisotopic (exact) mass is 275 g/mol. The maximum Gasteiger partial charge on any atom is 0.318 e. The van der Waals surface area contributed by atoms with Gasteiger partial charge in [-0.25, -0.2) is 0 Å². The van der Waals surface area contributed by atoms with Gasteiger partial charge in [0.15, 0.2) is 0 Å². The van der Waals surface area contributed by atoms with Gasteiger partial charge in [-0.15, -0.1) is 0 Å². The van der Waals surface area contributed by atoms with Crippen LogP contribution in [0.4, 0.5) is 0 Å². The van der Waals surface area contributed by atoms with E-state index in [1.165, 1.54) is 0 Å². The van der Waals surface area contributed by atoms with Gasteiger partial charge >= 0.3 is 5.97 Å². The summed E-state index contributed by atoms with van der Waals surface area (Å²) >= 11 is 0. The second-order valence-corrected chi connectivity index (χ2v) is 6.67. The van der Waals surface area contributed by atoms with Gasteiger partial charge in [0.1, 0.15) is 23.4 Å². The Kier molecular flexibility index (Phi) is 3.01. The van der Waals surface area contributed by atoms with Gasteiger partial charge < -0.3 is 14.8 Å². The standard InChI is InChI=1S/C16H21NO3/c1-15(2,3)20-14(18)16-9-17-8-12(16)11-6-4-5-7-13(11)19-10-16/h4-7,12,17H,8-10H2,1-3H3/t12-,16-/m0/s1. The average molecular weight is 275 g/mol. The molecule has 0 aliphatic carbocycles. The molecule has 0 saturated carbocycles.